The number of hydrogen-bond acceptors (Lipinski definition) is 6. The lowest BCUT2D eigenvalue weighted by molar-refractivity contribution is -0.133. The van der Waals surface area contributed by atoms with Crippen LogP contribution in [-0.4, -0.2) is 62.4 Å². The predicted molar refractivity (Wildman–Crippen MR) is 96.7 cm³/mol. The lowest BCUT2D eigenvalue weighted by Gasteiger charge is -2.34. The summed E-state index contributed by atoms with van der Waals surface area (Å²) in [6.45, 7) is 2.68. The molecule has 0 aromatic carbocycles. The molecule has 2 saturated heterocycles. The highest BCUT2D eigenvalue weighted by molar-refractivity contribution is 8.07. The van der Waals surface area contributed by atoms with Crippen molar-refractivity contribution >= 4 is 29.4 Å². The third kappa shape index (κ3) is 4.84. The zero-order valence-corrected chi connectivity index (χ0v) is 15.0. The lowest BCUT2D eigenvalue weighted by Crippen LogP contribution is -2.46. The molecule has 23 heavy (non-hydrogen) atoms. The second-order valence-corrected chi connectivity index (χ2v) is 8.44. The molecule has 126 valence electrons. The molecule has 1 amide bonds. The molecule has 5 nitrogen and oxygen atoms in total. The lowest BCUT2D eigenvalue weighted by atomic mass is 10.1. The molecule has 2 aliphatic heterocycles. The van der Waals surface area contributed by atoms with Gasteiger partial charge in [-0.2, -0.15) is 11.8 Å². The summed E-state index contributed by atoms with van der Waals surface area (Å²) in [6, 6.07) is 0.324. The molecule has 0 spiro atoms. The van der Waals surface area contributed by atoms with E-state index in [2.05, 4.69) is 20.2 Å². The molecule has 1 aromatic rings. The zero-order valence-electron chi connectivity index (χ0n) is 13.3. The van der Waals surface area contributed by atoms with Crippen LogP contribution >= 0.6 is 23.5 Å². The van der Waals surface area contributed by atoms with E-state index in [1.807, 2.05) is 35.9 Å². The summed E-state index contributed by atoms with van der Waals surface area (Å²) >= 11 is 3.72. The average Bonchev–Trinajstić information content (AvgIpc) is 2.90. The van der Waals surface area contributed by atoms with Crippen molar-refractivity contribution in [2.45, 2.75) is 37.1 Å². The van der Waals surface area contributed by atoms with E-state index in [0.717, 1.165) is 55.2 Å². The van der Waals surface area contributed by atoms with Gasteiger partial charge in [0.25, 0.3) is 0 Å². The fourth-order valence-corrected chi connectivity index (χ4v) is 5.74. The van der Waals surface area contributed by atoms with Crippen molar-refractivity contribution in [2.75, 3.05) is 30.3 Å². The van der Waals surface area contributed by atoms with E-state index < -0.39 is 0 Å². The van der Waals surface area contributed by atoms with Crippen LogP contribution in [0.5, 0.6) is 0 Å². The predicted octanol–water partition coefficient (Wildman–Crippen LogP) is 1.80. The second kappa shape index (κ2) is 8.89. The molecule has 3 rings (SSSR count). The molecule has 0 saturated carbocycles. The van der Waals surface area contributed by atoms with Crippen molar-refractivity contribution in [3.63, 3.8) is 0 Å². The van der Waals surface area contributed by atoms with Crippen LogP contribution in [0.1, 0.15) is 24.8 Å². The zero-order chi connectivity index (χ0) is 15.9. The Balaban J connectivity index is 1.75. The Kier molecular flexibility index (Phi) is 6.59. The third-order valence-electron chi connectivity index (χ3n) is 4.33. The molecule has 3 heterocycles. The van der Waals surface area contributed by atoms with Crippen LogP contribution in [0.15, 0.2) is 18.7 Å². The maximum atomic E-state index is 13.1. The molecule has 2 atom stereocenters. The van der Waals surface area contributed by atoms with Crippen LogP contribution in [0.2, 0.25) is 0 Å². The van der Waals surface area contributed by atoms with E-state index in [-0.39, 0.29) is 5.25 Å². The highest BCUT2D eigenvalue weighted by Crippen LogP contribution is 2.28. The maximum absolute atomic E-state index is 13.1. The third-order valence-corrected chi connectivity index (χ3v) is 7.07. The molecule has 1 aromatic heterocycles. The Hall–Kier alpha value is -0.790. The maximum Gasteiger partial charge on any atom is 0.237 e. The number of thioether (sulfide) groups is 2. The van der Waals surface area contributed by atoms with Gasteiger partial charge in [0.15, 0.2) is 0 Å². The SMILES string of the molecule is O=C([C@H]1CSCCS1)N(Cc1cncnc1)[C@H]1CCCNCC1. The highest BCUT2D eigenvalue weighted by Gasteiger charge is 2.31. The van der Waals surface area contributed by atoms with Gasteiger partial charge in [0.2, 0.25) is 5.91 Å². The summed E-state index contributed by atoms with van der Waals surface area (Å²) in [4.78, 5) is 23.5. The number of carbonyl (C=O) groups excluding carboxylic acids is 1. The van der Waals surface area contributed by atoms with Gasteiger partial charge in [-0.25, -0.2) is 9.97 Å². The van der Waals surface area contributed by atoms with Crippen LogP contribution in [0.4, 0.5) is 0 Å². The van der Waals surface area contributed by atoms with Crippen LogP contribution in [-0.2, 0) is 11.3 Å². The summed E-state index contributed by atoms with van der Waals surface area (Å²) < 4.78 is 0. The summed E-state index contributed by atoms with van der Waals surface area (Å²) in [6.07, 6.45) is 8.43. The number of carbonyl (C=O) groups is 1. The molecule has 0 unspecified atom stereocenters. The molecule has 0 bridgehead atoms. The smallest absolute Gasteiger partial charge is 0.237 e. The Morgan fingerprint density at radius 3 is 2.91 bits per heavy atom. The summed E-state index contributed by atoms with van der Waals surface area (Å²) in [5.74, 6) is 3.48. The quantitative estimate of drug-likeness (QED) is 0.892. The molecule has 0 radical (unpaired) electrons. The molecule has 2 aliphatic rings. The Bertz CT molecular complexity index is 488. The van der Waals surface area contributed by atoms with Crippen LogP contribution < -0.4 is 5.32 Å². The molecular formula is C16H24N4OS2. The molecule has 7 heteroatoms. The number of amides is 1. The normalized spacial score (nSPS) is 25.6. The number of aromatic nitrogens is 2. The summed E-state index contributed by atoms with van der Waals surface area (Å²) in [5.41, 5.74) is 1.02. The first-order valence-electron chi connectivity index (χ1n) is 8.29. The van der Waals surface area contributed by atoms with E-state index in [9.17, 15) is 4.79 Å². The Morgan fingerprint density at radius 2 is 2.13 bits per heavy atom. The monoisotopic (exact) mass is 352 g/mol. The van der Waals surface area contributed by atoms with Crippen LogP contribution in [0, 0.1) is 0 Å². The van der Waals surface area contributed by atoms with Gasteiger partial charge in [-0.05, 0) is 32.4 Å². The van der Waals surface area contributed by atoms with E-state index in [0.29, 0.717) is 18.5 Å². The van der Waals surface area contributed by atoms with Gasteiger partial charge < -0.3 is 10.2 Å². The van der Waals surface area contributed by atoms with Crippen molar-refractivity contribution in [2.24, 2.45) is 0 Å². The van der Waals surface area contributed by atoms with E-state index in [1.54, 1.807) is 6.33 Å². The largest absolute Gasteiger partial charge is 0.334 e. The van der Waals surface area contributed by atoms with Gasteiger partial charge >= 0.3 is 0 Å². The first-order chi connectivity index (χ1) is 11.3. The number of hydrogen-bond donors (Lipinski definition) is 1. The van der Waals surface area contributed by atoms with Gasteiger partial charge in [-0.3, -0.25) is 4.79 Å². The van der Waals surface area contributed by atoms with Crippen molar-refractivity contribution in [1.82, 2.24) is 20.2 Å². The minimum atomic E-state index is 0.106. The Morgan fingerprint density at radius 1 is 1.26 bits per heavy atom. The van der Waals surface area contributed by atoms with E-state index in [4.69, 9.17) is 0 Å². The molecule has 0 aliphatic carbocycles. The first kappa shape index (κ1) is 17.0. The topological polar surface area (TPSA) is 58.1 Å². The summed E-state index contributed by atoms with van der Waals surface area (Å²) in [7, 11) is 0. The van der Waals surface area contributed by atoms with Gasteiger partial charge in [-0.1, -0.05) is 0 Å². The number of nitrogens with zero attached hydrogens (tertiary/aromatic N) is 3. The fourth-order valence-electron chi connectivity index (χ4n) is 3.12. The minimum absolute atomic E-state index is 0.106. The molecule has 1 N–H and O–H groups in total. The molecular weight excluding hydrogens is 328 g/mol. The van der Waals surface area contributed by atoms with Gasteiger partial charge in [0, 0.05) is 47.8 Å². The standard InChI is InChI=1S/C16H24N4OS2/c21-16(15-11-22-6-7-23-15)20(10-13-8-18-12-19-9-13)14-2-1-4-17-5-3-14/h8-9,12,14-15,17H,1-7,10-11H2/t14-,15+/m0/s1. The fraction of sp³-hybridized carbons (Fsp3) is 0.688. The van der Waals surface area contributed by atoms with Crippen molar-refractivity contribution in [3.05, 3.63) is 24.3 Å². The van der Waals surface area contributed by atoms with Crippen molar-refractivity contribution in [1.29, 1.82) is 0 Å². The van der Waals surface area contributed by atoms with Crippen molar-refractivity contribution in [3.8, 4) is 0 Å². The first-order valence-corrected chi connectivity index (χ1v) is 10.5. The number of nitrogens with one attached hydrogen (secondary N) is 1. The highest BCUT2D eigenvalue weighted by atomic mass is 32.2. The minimum Gasteiger partial charge on any atom is -0.334 e. The van der Waals surface area contributed by atoms with E-state index >= 15 is 0 Å². The van der Waals surface area contributed by atoms with Crippen LogP contribution in [0.25, 0.3) is 0 Å². The van der Waals surface area contributed by atoms with Crippen LogP contribution in [0.3, 0.4) is 0 Å². The van der Waals surface area contributed by atoms with Crippen molar-refractivity contribution < 1.29 is 4.79 Å². The second-order valence-electron chi connectivity index (χ2n) is 5.98. The average molecular weight is 353 g/mol. The molecule has 2 fully saturated rings. The van der Waals surface area contributed by atoms with Gasteiger partial charge in [-0.15, -0.1) is 11.8 Å². The van der Waals surface area contributed by atoms with Gasteiger partial charge in [0.05, 0.1) is 5.25 Å². The number of rotatable bonds is 4. The van der Waals surface area contributed by atoms with E-state index in [1.165, 1.54) is 0 Å². The Labute approximate surface area is 146 Å². The summed E-state index contributed by atoms with van der Waals surface area (Å²) in [5, 5.41) is 3.55. The van der Waals surface area contributed by atoms with Gasteiger partial charge in [0.1, 0.15) is 6.33 Å².